The number of likely N-dealkylation sites (tertiary alicyclic amines) is 1. The summed E-state index contributed by atoms with van der Waals surface area (Å²) >= 11 is 0. The highest BCUT2D eigenvalue weighted by atomic mass is 16.3. The van der Waals surface area contributed by atoms with Crippen LogP contribution < -0.4 is 5.32 Å². The first-order valence-corrected chi connectivity index (χ1v) is 6.21. The molecule has 1 rings (SSSR count). The van der Waals surface area contributed by atoms with Gasteiger partial charge in [-0.25, -0.2) is 0 Å². The Hall–Kier alpha value is -0.610. The van der Waals surface area contributed by atoms with Crippen LogP contribution in [0.15, 0.2) is 0 Å². The third-order valence-corrected chi connectivity index (χ3v) is 3.51. The maximum Gasteiger partial charge on any atom is 0.217 e. The summed E-state index contributed by atoms with van der Waals surface area (Å²) in [6.45, 7) is 8.14. The molecule has 16 heavy (non-hydrogen) atoms. The second kappa shape index (κ2) is 5.64. The topological polar surface area (TPSA) is 52.6 Å². The molecule has 94 valence electrons. The van der Waals surface area contributed by atoms with Crippen molar-refractivity contribution >= 4 is 5.91 Å². The molecule has 1 atom stereocenters. The van der Waals surface area contributed by atoms with Crippen LogP contribution in [-0.4, -0.2) is 47.2 Å². The van der Waals surface area contributed by atoms with Gasteiger partial charge in [0.1, 0.15) is 0 Å². The maximum absolute atomic E-state index is 10.9. The van der Waals surface area contributed by atoms with E-state index in [2.05, 4.69) is 10.2 Å². The summed E-state index contributed by atoms with van der Waals surface area (Å²) in [4.78, 5) is 13.2. The summed E-state index contributed by atoms with van der Waals surface area (Å²) in [6, 6.07) is 0.260. The minimum Gasteiger partial charge on any atom is -0.389 e. The number of carbonyl (C=O) groups is 1. The van der Waals surface area contributed by atoms with Gasteiger partial charge in [0.25, 0.3) is 0 Å². The number of β-amino-alcohol motifs (C(OH)–C–C–N with tert-alkyl or cyclic N) is 1. The minimum absolute atomic E-state index is 0.0353. The van der Waals surface area contributed by atoms with E-state index in [4.69, 9.17) is 0 Å². The van der Waals surface area contributed by atoms with Gasteiger partial charge in [-0.3, -0.25) is 9.69 Å². The van der Waals surface area contributed by atoms with E-state index >= 15 is 0 Å². The van der Waals surface area contributed by atoms with E-state index in [1.165, 1.54) is 0 Å². The Labute approximate surface area is 98.0 Å². The van der Waals surface area contributed by atoms with E-state index in [0.717, 1.165) is 38.9 Å². The summed E-state index contributed by atoms with van der Waals surface area (Å²) < 4.78 is 0. The average molecular weight is 228 g/mol. The van der Waals surface area contributed by atoms with Gasteiger partial charge in [-0.15, -0.1) is 0 Å². The van der Waals surface area contributed by atoms with Crippen molar-refractivity contribution in [1.29, 1.82) is 0 Å². The Morgan fingerprint density at radius 1 is 1.50 bits per heavy atom. The molecule has 1 amide bonds. The molecule has 1 unspecified atom stereocenters. The molecular weight excluding hydrogens is 204 g/mol. The van der Waals surface area contributed by atoms with E-state index in [1.54, 1.807) is 6.92 Å². The van der Waals surface area contributed by atoms with Crippen LogP contribution in [0.1, 0.15) is 40.0 Å². The van der Waals surface area contributed by atoms with Gasteiger partial charge in [0.15, 0.2) is 0 Å². The molecule has 0 spiro atoms. The van der Waals surface area contributed by atoms with Gasteiger partial charge in [0.05, 0.1) is 5.60 Å². The van der Waals surface area contributed by atoms with E-state index in [0.29, 0.717) is 0 Å². The molecule has 1 aliphatic heterocycles. The highest BCUT2D eigenvalue weighted by Crippen LogP contribution is 2.19. The van der Waals surface area contributed by atoms with E-state index in [1.807, 2.05) is 13.8 Å². The molecule has 2 N–H and O–H groups in total. The lowest BCUT2D eigenvalue weighted by atomic mass is 9.97. The van der Waals surface area contributed by atoms with Crippen LogP contribution in [0, 0.1) is 0 Å². The molecule has 4 nitrogen and oxygen atoms in total. The predicted molar refractivity (Wildman–Crippen MR) is 64.2 cm³/mol. The molecule has 1 saturated heterocycles. The fraction of sp³-hybridized carbons (Fsp3) is 0.917. The van der Waals surface area contributed by atoms with Crippen molar-refractivity contribution < 1.29 is 9.90 Å². The largest absolute Gasteiger partial charge is 0.389 e. The van der Waals surface area contributed by atoms with Crippen LogP contribution in [0.4, 0.5) is 0 Å². The third kappa shape index (κ3) is 3.76. The Balaban J connectivity index is 2.38. The van der Waals surface area contributed by atoms with Crippen LogP contribution in [-0.2, 0) is 4.79 Å². The molecule has 1 heterocycles. The highest BCUT2D eigenvalue weighted by molar-refractivity contribution is 5.73. The van der Waals surface area contributed by atoms with Crippen molar-refractivity contribution in [3.8, 4) is 0 Å². The molecule has 0 saturated carbocycles. The Bertz CT molecular complexity index is 239. The standard InChI is InChI=1S/C12H24N2O2/c1-4-12(16,5-2)9-14-7-6-11(8-14)13-10(3)15/h11,16H,4-9H2,1-3H3,(H,13,15). The zero-order chi connectivity index (χ0) is 12.2. The summed E-state index contributed by atoms with van der Waals surface area (Å²) in [5.74, 6) is 0.0353. The van der Waals surface area contributed by atoms with Gasteiger partial charge in [-0.05, 0) is 19.3 Å². The van der Waals surface area contributed by atoms with Crippen LogP contribution in [0.5, 0.6) is 0 Å². The van der Waals surface area contributed by atoms with Crippen LogP contribution in [0.3, 0.4) is 0 Å². The van der Waals surface area contributed by atoms with Gasteiger partial charge in [0.2, 0.25) is 5.91 Å². The first kappa shape index (κ1) is 13.5. The zero-order valence-electron chi connectivity index (χ0n) is 10.6. The van der Waals surface area contributed by atoms with Crippen molar-refractivity contribution in [2.75, 3.05) is 19.6 Å². The Morgan fingerprint density at radius 2 is 2.12 bits per heavy atom. The summed E-state index contributed by atoms with van der Waals surface area (Å²) in [6.07, 6.45) is 2.55. The van der Waals surface area contributed by atoms with Crippen LogP contribution in [0.2, 0.25) is 0 Å². The third-order valence-electron chi connectivity index (χ3n) is 3.51. The number of hydrogen-bond donors (Lipinski definition) is 2. The zero-order valence-corrected chi connectivity index (χ0v) is 10.6. The van der Waals surface area contributed by atoms with Crippen LogP contribution >= 0.6 is 0 Å². The molecule has 1 aliphatic rings. The number of rotatable bonds is 5. The quantitative estimate of drug-likeness (QED) is 0.730. The molecule has 4 heteroatoms. The lowest BCUT2D eigenvalue weighted by Crippen LogP contribution is -2.43. The van der Waals surface area contributed by atoms with E-state index < -0.39 is 5.60 Å². The number of amides is 1. The van der Waals surface area contributed by atoms with Crippen molar-refractivity contribution in [2.45, 2.75) is 51.7 Å². The average Bonchev–Trinajstić information content (AvgIpc) is 2.64. The number of hydrogen-bond acceptors (Lipinski definition) is 3. The Morgan fingerprint density at radius 3 is 2.62 bits per heavy atom. The van der Waals surface area contributed by atoms with Gasteiger partial charge < -0.3 is 10.4 Å². The number of nitrogens with zero attached hydrogens (tertiary/aromatic N) is 1. The van der Waals surface area contributed by atoms with Crippen LogP contribution in [0.25, 0.3) is 0 Å². The lowest BCUT2D eigenvalue weighted by Gasteiger charge is -2.30. The second-order valence-electron chi connectivity index (χ2n) is 4.85. The smallest absolute Gasteiger partial charge is 0.217 e. The van der Waals surface area contributed by atoms with Gasteiger partial charge >= 0.3 is 0 Å². The van der Waals surface area contributed by atoms with Gasteiger partial charge in [-0.1, -0.05) is 13.8 Å². The van der Waals surface area contributed by atoms with Crippen molar-refractivity contribution in [3.05, 3.63) is 0 Å². The van der Waals surface area contributed by atoms with Gasteiger partial charge in [0, 0.05) is 32.6 Å². The van der Waals surface area contributed by atoms with Crippen molar-refractivity contribution in [2.24, 2.45) is 0 Å². The van der Waals surface area contributed by atoms with Gasteiger partial charge in [-0.2, -0.15) is 0 Å². The molecule has 0 aromatic carbocycles. The first-order chi connectivity index (χ1) is 7.49. The highest BCUT2D eigenvalue weighted by Gasteiger charge is 2.30. The monoisotopic (exact) mass is 228 g/mol. The van der Waals surface area contributed by atoms with Crippen molar-refractivity contribution in [3.63, 3.8) is 0 Å². The second-order valence-corrected chi connectivity index (χ2v) is 4.85. The molecule has 1 fully saturated rings. The Kier molecular flexibility index (Phi) is 4.74. The first-order valence-electron chi connectivity index (χ1n) is 6.21. The molecule has 0 aliphatic carbocycles. The fourth-order valence-corrected chi connectivity index (χ4v) is 2.27. The lowest BCUT2D eigenvalue weighted by molar-refractivity contribution is -0.119. The fourth-order valence-electron chi connectivity index (χ4n) is 2.27. The number of aliphatic hydroxyl groups is 1. The molecule has 0 aromatic rings. The number of carbonyl (C=O) groups excluding carboxylic acids is 1. The van der Waals surface area contributed by atoms with Crippen molar-refractivity contribution in [1.82, 2.24) is 10.2 Å². The normalized spacial score (nSPS) is 22.4. The molecule has 0 aromatic heterocycles. The molecule has 0 radical (unpaired) electrons. The summed E-state index contributed by atoms with van der Waals surface area (Å²) in [5.41, 5.74) is -0.564. The predicted octanol–water partition coefficient (Wildman–Crippen LogP) is 0.748. The van der Waals surface area contributed by atoms with E-state index in [-0.39, 0.29) is 11.9 Å². The molecular formula is C12H24N2O2. The minimum atomic E-state index is -0.564. The molecule has 0 bridgehead atoms. The van der Waals surface area contributed by atoms with E-state index in [9.17, 15) is 9.90 Å². The number of nitrogens with one attached hydrogen (secondary N) is 1. The maximum atomic E-state index is 10.9. The SMILES string of the molecule is CCC(O)(CC)CN1CCC(NC(C)=O)C1. The summed E-state index contributed by atoms with van der Waals surface area (Å²) in [5, 5.41) is 13.2. The summed E-state index contributed by atoms with van der Waals surface area (Å²) in [7, 11) is 0.